The smallest absolute Gasteiger partial charge is 0.253 e. The number of hydrogen-bond acceptors (Lipinski definition) is 4. The topological polar surface area (TPSA) is 46.8 Å². The number of carbonyl (C=O) groups excluding carboxylic acids is 1. The summed E-state index contributed by atoms with van der Waals surface area (Å²) in [5.41, 5.74) is 3.84. The van der Waals surface area contributed by atoms with Gasteiger partial charge in [-0.2, -0.15) is 0 Å². The summed E-state index contributed by atoms with van der Waals surface area (Å²) in [5, 5.41) is 0. The maximum absolute atomic E-state index is 13.1. The lowest BCUT2D eigenvalue weighted by atomic mass is 9.91. The Morgan fingerprint density at radius 3 is 2.53 bits per heavy atom. The highest BCUT2D eigenvalue weighted by Gasteiger charge is 2.26. The molecule has 2 aromatic heterocycles. The van der Waals surface area contributed by atoms with Gasteiger partial charge in [-0.25, -0.2) is 4.98 Å². The molecule has 4 aromatic rings. The van der Waals surface area contributed by atoms with Gasteiger partial charge in [0.15, 0.2) is 4.96 Å². The number of benzene rings is 2. The largest absolute Gasteiger partial charge is 0.497 e. The standard InChI is InChI=1S/C24H25N3O2S/c1-15-10-16(2)13-26(12-15)23(28)18-6-9-21-22(11-18)30-24-25-20(14-27(21)24)17-4-7-19(29-3)8-5-17/h4-9,11,14-16H,10,12-13H2,1-3H3. The second kappa shape index (κ2) is 7.43. The lowest BCUT2D eigenvalue weighted by Gasteiger charge is -2.35. The molecule has 0 aliphatic carbocycles. The zero-order valence-electron chi connectivity index (χ0n) is 17.5. The summed E-state index contributed by atoms with van der Waals surface area (Å²) in [7, 11) is 1.67. The van der Waals surface area contributed by atoms with Crippen molar-refractivity contribution in [3.63, 3.8) is 0 Å². The second-order valence-electron chi connectivity index (χ2n) is 8.45. The fraction of sp³-hybridized carbons (Fsp3) is 0.333. The summed E-state index contributed by atoms with van der Waals surface area (Å²) in [4.78, 5) is 20.8. The van der Waals surface area contributed by atoms with Gasteiger partial charge in [0.25, 0.3) is 5.91 Å². The Kier molecular flexibility index (Phi) is 4.74. The first-order valence-corrected chi connectivity index (χ1v) is 11.2. The average molecular weight is 420 g/mol. The first-order valence-electron chi connectivity index (χ1n) is 10.4. The molecule has 1 saturated heterocycles. The molecule has 1 fully saturated rings. The monoisotopic (exact) mass is 419 g/mol. The number of hydrogen-bond donors (Lipinski definition) is 0. The third-order valence-electron chi connectivity index (χ3n) is 5.88. The molecule has 154 valence electrons. The molecule has 5 nitrogen and oxygen atoms in total. The van der Waals surface area contributed by atoms with Crippen LogP contribution in [0.5, 0.6) is 5.75 Å². The molecule has 2 unspecified atom stereocenters. The Morgan fingerprint density at radius 1 is 1.10 bits per heavy atom. The minimum absolute atomic E-state index is 0.139. The van der Waals surface area contributed by atoms with E-state index in [4.69, 9.17) is 9.72 Å². The van der Waals surface area contributed by atoms with Crippen molar-refractivity contribution >= 4 is 32.4 Å². The molecule has 1 amide bonds. The summed E-state index contributed by atoms with van der Waals surface area (Å²) >= 11 is 1.62. The van der Waals surface area contributed by atoms with Crippen molar-refractivity contribution in [3.8, 4) is 17.0 Å². The predicted octanol–water partition coefficient (Wildman–Crippen LogP) is 5.34. The van der Waals surface area contributed by atoms with Gasteiger partial charge in [-0.15, -0.1) is 0 Å². The van der Waals surface area contributed by atoms with E-state index in [-0.39, 0.29) is 5.91 Å². The highest BCUT2D eigenvalue weighted by molar-refractivity contribution is 7.23. The molecule has 0 saturated carbocycles. The molecular formula is C24H25N3O2S. The number of thiazole rings is 1. The van der Waals surface area contributed by atoms with Crippen molar-refractivity contribution < 1.29 is 9.53 Å². The third kappa shape index (κ3) is 3.35. The normalized spacial score (nSPS) is 19.5. The van der Waals surface area contributed by atoms with E-state index < -0.39 is 0 Å². The number of carbonyl (C=O) groups is 1. The molecule has 5 rings (SSSR count). The lowest BCUT2D eigenvalue weighted by molar-refractivity contribution is 0.0623. The summed E-state index contributed by atoms with van der Waals surface area (Å²) in [6.45, 7) is 6.15. The molecule has 2 atom stereocenters. The van der Waals surface area contributed by atoms with Crippen molar-refractivity contribution in [2.45, 2.75) is 20.3 Å². The number of fused-ring (bicyclic) bond motifs is 3. The van der Waals surface area contributed by atoms with Crippen molar-refractivity contribution in [1.82, 2.24) is 14.3 Å². The maximum atomic E-state index is 13.1. The van der Waals surface area contributed by atoms with Crippen LogP contribution in [0.3, 0.4) is 0 Å². The van der Waals surface area contributed by atoms with Gasteiger partial charge in [-0.05, 0) is 60.7 Å². The number of nitrogens with zero attached hydrogens (tertiary/aromatic N) is 3. The van der Waals surface area contributed by atoms with Gasteiger partial charge in [0, 0.05) is 30.4 Å². The number of piperidine rings is 1. The Hall–Kier alpha value is -2.86. The highest BCUT2D eigenvalue weighted by atomic mass is 32.1. The third-order valence-corrected chi connectivity index (χ3v) is 6.90. The van der Waals surface area contributed by atoms with Crippen LogP contribution in [0, 0.1) is 11.8 Å². The number of methoxy groups -OCH3 is 1. The van der Waals surface area contributed by atoms with Crippen LogP contribution in [0.1, 0.15) is 30.6 Å². The minimum Gasteiger partial charge on any atom is -0.497 e. The average Bonchev–Trinajstić information content (AvgIpc) is 3.30. The number of likely N-dealkylation sites (tertiary alicyclic amines) is 1. The summed E-state index contributed by atoms with van der Waals surface area (Å²) < 4.78 is 8.43. The molecular weight excluding hydrogens is 394 g/mol. The van der Waals surface area contributed by atoms with E-state index in [1.807, 2.05) is 47.4 Å². The fourth-order valence-electron chi connectivity index (χ4n) is 4.55. The molecule has 1 aliphatic heterocycles. The second-order valence-corrected chi connectivity index (χ2v) is 9.46. The summed E-state index contributed by atoms with van der Waals surface area (Å²) in [6.07, 6.45) is 3.26. The van der Waals surface area contributed by atoms with Crippen molar-refractivity contribution in [3.05, 3.63) is 54.2 Å². The quantitative estimate of drug-likeness (QED) is 0.450. The molecule has 0 radical (unpaired) electrons. The van der Waals surface area contributed by atoms with Crippen molar-refractivity contribution in [2.24, 2.45) is 11.8 Å². The first-order chi connectivity index (χ1) is 14.5. The van der Waals surface area contributed by atoms with Crippen LogP contribution in [0.4, 0.5) is 0 Å². The van der Waals surface area contributed by atoms with Crippen LogP contribution in [0.15, 0.2) is 48.7 Å². The number of ether oxygens (including phenoxy) is 1. The Morgan fingerprint density at radius 2 is 1.83 bits per heavy atom. The molecule has 2 aromatic carbocycles. The van der Waals surface area contributed by atoms with E-state index in [2.05, 4.69) is 24.4 Å². The molecule has 30 heavy (non-hydrogen) atoms. The summed E-state index contributed by atoms with van der Waals surface area (Å²) in [5.74, 6) is 2.09. The predicted molar refractivity (Wildman–Crippen MR) is 121 cm³/mol. The number of rotatable bonds is 3. The van der Waals surface area contributed by atoms with Gasteiger partial charge in [0.2, 0.25) is 0 Å². The van der Waals surface area contributed by atoms with E-state index in [9.17, 15) is 4.79 Å². The zero-order chi connectivity index (χ0) is 20.8. The number of aromatic nitrogens is 2. The molecule has 1 aliphatic rings. The van der Waals surface area contributed by atoms with E-state index >= 15 is 0 Å². The minimum atomic E-state index is 0.139. The Bertz CT molecular complexity index is 1210. The fourth-order valence-corrected chi connectivity index (χ4v) is 5.59. The Balaban J connectivity index is 1.46. The van der Waals surface area contributed by atoms with Gasteiger partial charge in [0.05, 0.1) is 23.0 Å². The van der Waals surface area contributed by atoms with Crippen LogP contribution in [0.2, 0.25) is 0 Å². The van der Waals surface area contributed by atoms with Crippen LogP contribution in [-0.2, 0) is 0 Å². The number of imidazole rings is 1. The van der Waals surface area contributed by atoms with Crippen LogP contribution in [0.25, 0.3) is 26.4 Å². The van der Waals surface area contributed by atoms with E-state index in [1.165, 1.54) is 6.42 Å². The van der Waals surface area contributed by atoms with E-state index in [0.29, 0.717) is 11.8 Å². The van der Waals surface area contributed by atoms with Crippen LogP contribution in [-0.4, -0.2) is 40.4 Å². The van der Waals surface area contributed by atoms with Gasteiger partial charge in [-0.3, -0.25) is 9.20 Å². The molecule has 6 heteroatoms. The van der Waals surface area contributed by atoms with Crippen LogP contribution >= 0.6 is 11.3 Å². The van der Waals surface area contributed by atoms with Crippen molar-refractivity contribution in [2.75, 3.05) is 20.2 Å². The zero-order valence-corrected chi connectivity index (χ0v) is 18.3. The van der Waals surface area contributed by atoms with Gasteiger partial charge in [0.1, 0.15) is 5.75 Å². The molecule has 3 heterocycles. The van der Waals surface area contributed by atoms with Gasteiger partial charge >= 0.3 is 0 Å². The number of amides is 1. The maximum Gasteiger partial charge on any atom is 0.253 e. The van der Waals surface area contributed by atoms with E-state index in [1.54, 1.807) is 18.4 Å². The molecule has 0 N–H and O–H groups in total. The first kappa shape index (κ1) is 19.1. The SMILES string of the molecule is COc1ccc(-c2cn3c(n2)sc2cc(C(=O)N4CC(C)CC(C)C4)ccc23)cc1. The molecule has 0 spiro atoms. The van der Waals surface area contributed by atoms with Crippen molar-refractivity contribution in [1.29, 1.82) is 0 Å². The Labute approximate surface area is 179 Å². The lowest BCUT2D eigenvalue weighted by Crippen LogP contribution is -2.42. The van der Waals surface area contributed by atoms with Gasteiger partial charge in [-0.1, -0.05) is 25.2 Å². The van der Waals surface area contributed by atoms with E-state index in [0.717, 1.165) is 50.8 Å². The van der Waals surface area contributed by atoms with Crippen LogP contribution < -0.4 is 4.74 Å². The highest BCUT2D eigenvalue weighted by Crippen LogP contribution is 2.31. The summed E-state index contributed by atoms with van der Waals surface area (Å²) in [6, 6.07) is 13.9. The molecule has 0 bridgehead atoms. The van der Waals surface area contributed by atoms with Gasteiger partial charge < -0.3 is 9.64 Å².